The lowest BCUT2D eigenvalue weighted by atomic mass is 10.1. The first-order valence-corrected chi connectivity index (χ1v) is 4.96. The molecule has 2 unspecified atom stereocenters. The number of rotatable bonds is 2. The van der Waals surface area contributed by atoms with Crippen molar-refractivity contribution >= 4 is 16.1 Å². The van der Waals surface area contributed by atoms with Crippen LogP contribution in [0.1, 0.15) is 12.8 Å². The van der Waals surface area contributed by atoms with Crippen LogP contribution in [0, 0.1) is 4.91 Å². The summed E-state index contributed by atoms with van der Waals surface area (Å²) in [6.07, 6.45) is 1.04. The summed E-state index contributed by atoms with van der Waals surface area (Å²) < 4.78 is 19.4. The summed E-state index contributed by atoms with van der Waals surface area (Å²) >= 11 is -2.01. The van der Waals surface area contributed by atoms with E-state index in [9.17, 15) is 9.12 Å². The molecular weight excluding hydrogens is 194 g/mol. The fraction of sp³-hybridized carbons (Fsp3) is 0.833. The molecule has 1 aliphatic rings. The van der Waals surface area contributed by atoms with Gasteiger partial charge in [-0.3, -0.25) is 10.0 Å². The van der Waals surface area contributed by atoms with Crippen LogP contribution in [0.5, 0.6) is 0 Å². The van der Waals surface area contributed by atoms with Crippen LogP contribution in [-0.4, -0.2) is 38.4 Å². The van der Waals surface area contributed by atoms with Crippen molar-refractivity contribution in [2.45, 2.75) is 18.9 Å². The Morgan fingerprint density at radius 2 is 2.46 bits per heavy atom. The third kappa shape index (κ3) is 2.56. The molecule has 6 nitrogen and oxygen atoms in total. The molecule has 74 valence electrons. The Labute approximate surface area is 78.3 Å². The molecule has 13 heavy (non-hydrogen) atoms. The molecule has 1 heterocycles. The summed E-state index contributed by atoms with van der Waals surface area (Å²) in [5.74, 6) is 0. The molecule has 0 aromatic heterocycles. The van der Waals surface area contributed by atoms with Gasteiger partial charge in [0.25, 0.3) is 0 Å². The Bertz CT molecular complexity index is 256. The number of hydrogen-bond acceptors (Lipinski definition) is 4. The van der Waals surface area contributed by atoms with Crippen LogP contribution in [-0.2, 0) is 11.1 Å². The van der Waals surface area contributed by atoms with Crippen LogP contribution in [0.4, 0.5) is 0 Å². The van der Waals surface area contributed by atoms with Crippen molar-refractivity contribution < 1.29 is 8.76 Å². The van der Waals surface area contributed by atoms with E-state index in [1.807, 2.05) is 0 Å². The van der Waals surface area contributed by atoms with Gasteiger partial charge in [-0.25, -0.2) is 4.21 Å². The Hall–Kier alpha value is -0.820. The molecule has 0 aliphatic carbocycles. The van der Waals surface area contributed by atoms with E-state index in [0.717, 1.165) is 0 Å². The molecule has 0 aromatic rings. The van der Waals surface area contributed by atoms with Gasteiger partial charge >= 0.3 is 0 Å². The SMILES string of the molecule is CN(N=O)C1CCN=C(S(=O)O)C1. The smallest absolute Gasteiger partial charge is 0.200 e. The summed E-state index contributed by atoms with van der Waals surface area (Å²) in [5.41, 5.74) is 0. The minimum atomic E-state index is -2.01. The third-order valence-corrected chi connectivity index (χ3v) is 2.72. The number of nitrogens with zero attached hydrogens (tertiary/aromatic N) is 3. The molecule has 2 atom stereocenters. The van der Waals surface area contributed by atoms with Crippen LogP contribution in [0.15, 0.2) is 10.3 Å². The zero-order chi connectivity index (χ0) is 9.84. The predicted molar refractivity (Wildman–Crippen MR) is 49.7 cm³/mol. The first-order chi connectivity index (χ1) is 6.15. The standard InChI is InChI=1S/C6H11N3O3S/c1-9(8-10)5-2-3-7-6(4-5)13(11)12/h5H,2-4H2,1H3,(H,11,12). The van der Waals surface area contributed by atoms with Crippen molar-refractivity contribution in [2.24, 2.45) is 10.3 Å². The third-order valence-electron chi connectivity index (χ3n) is 2.02. The van der Waals surface area contributed by atoms with E-state index < -0.39 is 11.1 Å². The molecule has 0 spiro atoms. The fourth-order valence-corrected chi connectivity index (χ4v) is 1.76. The summed E-state index contributed by atoms with van der Waals surface area (Å²) in [7, 11) is 1.56. The second-order valence-electron chi connectivity index (χ2n) is 2.83. The highest BCUT2D eigenvalue weighted by Crippen LogP contribution is 2.14. The molecule has 7 heteroatoms. The molecule has 1 N–H and O–H groups in total. The van der Waals surface area contributed by atoms with Gasteiger partial charge in [0, 0.05) is 20.0 Å². The minimum absolute atomic E-state index is 0.0962. The minimum Gasteiger partial charge on any atom is -0.301 e. The van der Waals surface area contributed by atoms with Gasteiger partial charge in [-0.1, -0.05) is 0 Å². The Morgan fingerprint density at radius 3 is 3.00 bits per heavy atom. The number of hydrogen-bond donors (Lipinski definition) is 1. The summed E-state index contributed by atoms with van der Waals surface area (Å²) in [5, 5.41) is 4.26. The van der Waals surface area contributed by atoms with Gasteiger partial charge in [0.1, 0.15) is 5.04 Å². The van der Waals surface area contributed by atoms with E-state index in [2.05, 4.69) is 10.3 Å². The van der Waals surface area contributed by atoms with E-state index in [1.165, 1.54) is 5.01 Å². The summed E-state index contributed by atoms with van der Waals surface area (Å²) in [6, 6.07) is -0.0962. The van der Waals surface area contributed by atoms with Gasteiger partial charge in [-0.05, 0) is 6.42 Å². The van der Waals surface area contributed by atoms with Crippen molar-refractivity contribution in [3.63, 3.8) is 0 Å². The highest BCUT2D eigenvalue weighted by molar-refractivity contribution is 7.95. The predicted octanol–water partition coefficient (Wildman–Crippen LogP) is 0.382. The van der Waals surface area contributed by atoms with Gasteiger partial charge in [0.05, 0.1) is 11.3 Å². The van der Waals surface area contributed by atoms with Gasteiger partial charge in [-0.2, -0.15) is 0 Å². The lowest BCUT2D eigenvalue weighted by Crippen LogP contribution is -2.34. The second kappa shape index (κ2) is 4.43. The molecule has 0 radical (unpaired) electrons. The first kappa shape index (κ1) is 10.3. The largest absolute Gasteiger partial charge is 0.301 e. The lowest BCUT2D eigenvalue weighted by Gasteiger charge is -2.24. The molecule has 0 amide bonds. The van der Waals surface area contributed by atoms with Gasteiger partial charge < -0.3 is 4.55 Å². The van der Waals surface area contributed by atoms with Gasteiger partial charge in [-0.15, -0.1) is 4.91 Å². The molecule has 0 bridgehead atoms. The number of nitroso groups, excluding NO2 is 1. The molecule has 1 aliphatic heterocycles. The lowest BCUT2D eigenvalue weighted by molar-refractivity contribution is 0.241. The Kier molecular flexibility index (Phi) is 3.49. The molecule has 0 saturated heterocycles. The van der Waals surface area contributed by atoms with Crippen molar-refractivity contribution in [3.05, 3.63) is 4.91 Å². The van der Waals surface area contributed by atoms with Crippen LogP contribution in [0.25, 0.3) is 0 Å². The highest BCUT2D eigenvalue weighted by Gasteiger charge is 2.23. The molecular formula is C6H11N3O3S. The maximum absolute atomic E-state index is 10.7. The normalized spacial score (nSPS) is 24.8. The average molecular weight is 205 g/mol. The molecule has 0 fully saturated rings. The second-order valence-corrected chi connectivity index (χ2v) is 3.80. The summed E-state index contributed by atoms with van der Waals surface area (Å²) in [6.45, 7) is 0.478. The maximum Gasteiger partial charge on any atom is 0.200 e. The number of aliphatic imine (C=N–C) groups is 1. The monoisotopic (exact) mass is 205 g/mol. The van der Waals surface area contributed by atoms with E-state index in [0.29, 0.717) is 19.4 Å². The van der Waals surface area contributed by atoms with E-state index in [4.69, 9.17) is 4.55 Å². The Morgan fingerprint density at radius 1 is 1.77 bits per heavy atom. The van der Waals surface area contributed by atoms with Crippen LogP contribution in [0.3, 0.4) is 0 Å². The van der Waals surface area contributed by atoms with Crippen molar-refractivity contribution in [2.75, 3.05) is 13.6 Å². The quantitative estimate of drug-likeness (QED) is 0.401. The van der Waals surface area contributed by atoms with Crippen molar-refractivity contribution in [1.29, 1.82) is 0 Å². The van der Waals surface area contributed by atoms with Crippen molar-refractivity contribution in [1.82, 2.24) is 5.01 Å². The first-order valence-electron chi connectivity index (χ1n) is 3.85. The van der Waals surface area contributed by atoms with E-state index in [-0.39, 0.29) is 11.1 Å². The van der Waals surface area contributed by atoms with Gasteiger partial charge in [0.15, 0.2) is 0 Å². The Balaban J connectivity index is 2.62. The van der Waals surface area contributed by atoms with Crippen LogP contribution < -0.4 is 0 Å². The zero-order valence-corrected chi connectivity index (χ0v) is 8.03. The topological polar surface area (TPSA) is 82.3 Å². The van der Waals surface area contributed by atoms with Gasteiger partial charge in [0.2, 0.25) is 11.1 Å². The molecule has 0 aromatic carbocycles. The highest BCUT2D eigenvalue weighted by atomic mass is 32.2. The zero-order valence-electron chi connectivity index (χ0n) is 7.21. The van der Waals surface area contributed by atoms with Crippen LogP contribution in [0.2, 0.25) is 0 Å². The van der Waals surface area contributed by atoms with E-state index >= 15 is 0 Å². The average Bonchev–Trinajstić information content (AvgIpc) is 2.17. The van der Waals surface area contributed by atoms with Crippen LogP contribution >= 0.6 is 0 Å². The maximum atomic E-state index is 10.7. The molecule has 1 rings (SSSR count). The van der Waals surface area contributed by atoms with E-state index in [1.54, 1.807) is 7.05 Å². The van der Waals surface area contributed by atoms with Crippen molar-refractivity contribution in [3.8, 4) is 0 Å². The fourth-order valence-electron chi connectivity index (χ4n) is 1.22. The molecule has 0 saturated carbocycles. The summed E-state index contributed by atoms with van der Waals surface area (Å²) in [4.78, 5) is 14.1.